The fraction of sp³-hybridized carbons (Fsp3) is 0.625. The molecule has 1 atom stereocenters. The normalized spacial score (nSPS) is 19.9. The lowest BCUT2D eigenvalue weighted by Gasteiger charge is -2.36. The average molecular weight is 392 g/mol. The fourth-order valence-corrected chi connectivity index (χ4v) is 4.80. The number of benzene rings is 1. The third-order valence-corrected chi connectivity index (χ3v) is 6.30. The summed E-state index contributed by atoms with van der Waals surface area (Å²) in [5.74, 6) is 0.509. The maximum Gasteiger partial charge on any atom is 0.137 e. The van der Waals surface area contributed by atoms with Gasteiger partial charge in [-0.3, -0.25) is 0 Å². The Kier molecular flexibility index (Phi) is 5.10. The van der Waals surface area contributed by atoms with Crippen molar-refractivity contribution in [2.45, 2.75) is 50.8 Å². The number of hydrogen-bond donors (Lipinski definition) is 0. The minimum atomic E-state index is -0.187. The van der Waals surface area contributed by atoms with Crippen LogP contribution in [0.5, 0.6) is 0 Å². The van der Waals surface area contributed by atoms with Crippen LogP contribution >= 0.6 is 31.9 Å². The van der Waals surface area contributed by atoms with E-state index in [2.05, 4.69) is 45.7 Å². The SMILES string of the molecule is CC(C)CC1(C(Br)c2ccc(F)c(Br)c2)CCCC1. The maximum atomic E-state index is 13.4. The third-order valence-electron chi connectivity index (χ3n) is 4.19. The van der Waals surface area contributed by atoms with Crippen molar-refractivity contribution >= 4 is 31.9 Å². The molecule has 0 radical (unpaired) electrons. The quantitative estimate of drug-likeness (QED) is 0.505. The molecular weight excluding hydrogens is 371 g/mol. The second-order valence-corrected chi connectivity index (χ2v) is 7.97. The summed E-state index contributed by atoms with van der Waals surface area (Å²) in [7, 11) is 0. The van der Waals surface area contributed by atoms with Gasteiger partial charge >= 0.3 is 0 Å². The molecule has 1 saturated carbocycles. The average Bonchev–Trinajstić information content (AvgIpc) is 2.80. The Morgan fingerprint density at radius 2 is 1.89 bits per heavy atom. The first-order valence-electron chi connectivity index (χ1n) is 7.04. The van der Waals surface area contributed by atoms with Crippen molar-refractivity contribution in [3.05, 3.63) is 34.1 Å². The molecule has 2 rings (SSSR count). The summed E-state index contributed by atoms with van der Waals surface area (Å²) in [5.41, 5.74) is 1.53. The van der Waals surface area contributed by atoms with Crippen molar-refractivity contribution < 1.29 is 4.39 Å². The van der Waals surface area contributed by atoms with Gasteiger partial charge in [0.2, 0.25) is 0 Å². The van der Waals surface area contributed by atoms with E-state index in [9.17, 15) is 4.39 Å². The smallest absolute Gasteiger partial charge is 0.137 e. The second kappa shape index (κ2) is 6.26. The fourth-order valence-electron chi connectivity index (χ4n) is 3.48. The largest absolute Gasteiger partial charge is 0.206 e. The van der Waals surface area contributed by atoms with Gasteiger partial charge in [0.15, 0.2) is 0 Å². The molecule has 0 bridgehead atoms. The molecule has 0 spiro atoms. The van der Waals surface area contributed by atoms with Crippen molar-refractivity contribution in [1.29, 1.82) is 0 Å². The Labute approximate surface area is 132 Å². The number of hydrogen-bond acceptors (Lipinski definition) is 0. The standard InChI is InChI=1S/C16H21Br2F/c1-11(2)10-16(7-3-4-8-16)15(18)12-5-6-14(19)13(17)9-12/h5-6,9,11,15H,3-4,7-8,10H2,1-2H3. The predicted molar refractivity (Wildman–Crippen MR) is 86.1 cm³/mol. The van der Waals surface area contributed by atoms with Gasteiger partial charge in [0.1, 0.15) is 5.82 Å². The van der Waals surface area contributed by atoms with Crippen molar-refractivity contribution in [2.24, 2.45) is 11.3 Å². The van der Waals surface area contributed by atoms with E-state index in [1.807, 2.05) is 12.1 Å². The van der Waals surface area contributed by atoms with Gasteiger partial charge in [0.25, 0.3) is 0 Å². The van der Waals surface area contributed by atoms with Crippen LogP contribution < -0.4 is 0 Å². The molecule has 0 saturated heterocycles. The van der Waals surface area contributed by atoms with Crippen molar-refractivity contribution in [2.75, 3.05) is 0 Å². The summed E-state index contributed by atoms with van der Waals surface area (Å²) in [4.78, 5) is 0.321. The Morgan fingerprint density at radius 1 is 1.26 bits per heavy atom. The monoisotopic (exact) mass is 390 g/mol. The first-order valence-corrected chi connectivity index (χ1v) is 8.74. The Bertz CT molecular complexity index is 436. The first kappa shape index (κ1) is 15.5. The third kappa shape index (κ3) is 3.41. The lowest BCUT2D eigenvalue weighted by molar-refractivity contribution is 0.230. The lowest BCUT2D eigenvalue weighted by atomic mass is 9.74. The Morgan fingerprint density at radius 3 is 2.42 bits per heavy atom. The van der Waals surface area contributed by atoms with E-state index in [0.29, 0.717) is 20.6 Å². The van der Waals surface area contributed by atoms with Gasteiger partial charge in [0.05, 0.1) is 4.47 Å². The molecule has 1 aliphatic rings. The summed E-state index contributed by atoms with van der Waals surface area (Å²) >= 11 is 7.21. The van der Waals surface area contributed by atoms with E-state index in [4.69, 9.17) is 0 Å². The zero-order valence-corrected chi connectivity index (χ0v) is 14.7. The summed E-state index contributed by atoms with van der Waals surface area (Å²) in [5, 5.41) is 0. The van der Waals surface area contributed by atoms with Crippen LogP contribution in [0, 0.1) is 17.2 Å². The maximum absolute atomic E-state index is 13.4. The van der Waals surface area contributed by atoms with Crippen molar-refractivity contribution in [3.8, 4) is 0 Å². The molecule has 3 heteroatoms. The molecule has 0 nitrogen and oxygen atoms in total. The highest BCUT2D eigenvalue weighted by Gasteiger charge is 2.41. The minimum absolute atomic E-state index is 0.187. The van der Waals surface area contributed by atoms with Gasteiger partial charge in [0, 0.05) is 4.83 Å². The van der Waals surface area contributed by atoms with E-state index in [-0.39, 0.29) is 5.82 Å². The molecule has 1 aromatic rings. The van der Waals surface area contributed by atoms with Crippen LogP contribution in [0.25, 0.3) is 0 Å². The second-order valence-electron chi connectivity index (χ2n) is 6.20. The summed E-state index contributed by atoms with van der Waals surface area (Å²) < 4.78 is 13.9. The Balaban J connectivity index is 2.28. The van der Waals surface area contributed by atoms with Gasteiger partial charge < -0.3 is 0 Å². The zero-order valence-electron chi connectivity index (χ0n) is 11.6. The number of halogens is 3. The number of alkyl halides is 1. The van der Waals surface area contributed by atoms with Gasteiger partial charge in [-0.1, -0.05) is 48.7 Å². The molecule has 1 aliphatic carbocycles. The van der Waals surface area contributed by atoms with E-state index >= 15 is 0 Å². The highest BCUT2D eigenvalue weighted by molar-refractivity contribution is 9.10. The summed E-state index contributed by atoms with van der Waals surface area (Å²) in [6.45, 7) is 4.58. The lowest BCUT2D eigenvalue weighted by Crippen LogP contribution is -2.24. The summed E-state index contributed by atoms with van der Waals surface area (Å²) in [6, 6.07) is 5.40. The topological polar surface area (TPSA) is 0 Å². The van der Waals surface area contributed by atoms with Crippen LogP contribution in [0.3, 0.4) is 0 Å². The van der Waals surface area contributed by atoms with E-state index in [1.54, 1.807) is 6.07 Å². The molecule has 1 unspecified atom stereocenters. The molecule has 0 amide bonds. The van der Waals surface area contributed by atoms with Gasteiger partial charge in [-0.2, -0.15) is 0 Å². The molecule has 19 heavy (non-hydrogen) atoms. The molecule has 0 heterocycles. The predicted octanol–water partition coefficient (Wildman–Crippen LogP) is 6.63. The van der Waals surface area contributed by atoms with E-state index in [0.717, 1.165) is 0 Å². The van der Waals surface area contributed by atoms with Crippen LogP contribution in [-0.2, 0) is 0 Å². The highest BCUT2D eigenvalue weighted by atomic mass is 79.9. The minimum Gasteiger partial charge on any atom is -0.206 e. The van der Waals surface area contributed by atoms with Gasteiger partial charge in [-0.25, -0.2) is 4.39 Å². The first-order chi connectivity index (χ1) is 8.94. The van der Waals surface area contributed by atoms with Crippen LogP contribution in [0.1, 0.15) is 56.3 Å². The van der Waals surface area contributed by atoms with Crippen LogP contribution in [0.4, 0.5) is 4.39 Å². The molecule has 0 aliphatic heterocycles. The Hall–Kier alpha value is 0.110. The molecule has 0 N–H and O–H groups in total. The van der Waals surface area contributed by atoms with Crippen LogP contribution in [-0.4, -0.2) is 0 Å². The number of rotatable bonds is 4. The molecule has 1 aromatic carbocycles. The van der Waals surface area contributed by atoms with Crippen LogP contribution in [0.2, 0.25) is 0 Å². The van der Waals surface area contributed by atoms with Gasteiger partial charge in [-0.05, 0) is 64.2 Å². The van der Waals surface area contributed by atoms with E-state index < -0.39 is 0 Å². The highest BCUT2D eigenvalue weighted by Crippen LogP contribution is 2.55. The zero-order chi connectivity index (χ0) is 14.0. The van der Waals surface area contributed by atoms with Crippen molar-refractivity contribution in [1.82, 2.24) is 0 Å². The molecule has 0 aromatic heterocycles. The molecular formula is C16H21Br2F. The van der Waals surface area contributed by atoms with Crippen molar-refractivity contribution in [3.63, 3.8) is 0 Å². The molecule has 106 valence electrons. The summed E-state index contributed by atoms with van der Waals surface area (Å²) in [6.07, 6.45) is 6.42. The van der Waals surface area contributed by atoms with E-state index in [1.165, 1.54) is 37.7 Å². The molecule has 1 fully saturated rings. The van der Waals surface area contributed by atoms with Crippen LogP contribution in [0.15, 0.2) is 22.7 Å². The van der Waals surface area contributed by atoms with Gasteiger partial charge in [-0.15, -0.1) is 0 Å².